The number of aromatic nitrogens is 2. The Balaban J connectivity index is 2.38. The molecule has 2 rings (SSSR count). The van der Waals surface area contributed by atoms with Gasteiger partial charge in [-0.15, -0.1) is 0 Å². The number of ether oxygens (including phenoxy) is 1. The average molecular weight is 244 g/mol. The number of aliphatic hydroxyl groups excluding tert-OH is 1. The fourth-order valence-electron chi connectivity index (χ4n) is 1.84. The maximum absolute atomic E-state index is 13.6. The molecule has 0 radical (unpaired) electrons. The molecule has 6 nitrogen and oxygen atoms in total. The summed E-state index contributed by atoms with van der Waals surface area (Å²) in [5.74, 6) is 0. The maximum Gasteiger partial charge on any atom is 0.330 e. The van der Waals surface area contributed by atoms with Crippen LogP contribution in [0.3, 0.4) is 0 Å². The van der Waals surface area contributed by atoms with Crippen molar-refractivity contribution >= 4 is 0 Å². The monoisotopic (exact) mass is 244 g/mol. The Bertz CT molecular complexity index is 524. The van der Waals surface area contributed by atoms with E-state index >= 15 is 0 Å². The third-order valence-corrected chi connectivity index (χ3v) is 2.75. The summed E-state index contributed by atoms with van der Waals surface area (Å²) in [7, 11) is 0. The first-order valence-corrected chi connectivity index (χ1v) is 5.25. The summed E-state index contributed by atoms with van der Waals surface area (Å²) >= 11 is 0. The van der Waals surface area contributed by atoms with Gasteiger partial charge in [-0.2, -0.15) is 0 Å². The van der Waals surface area contributed by atoms with E-state index in [1.165, 1.54) is 13.1 Å². The summed E-state index contributed by atoms with van der Waals surface area (Å²) < 4.78 is 19.8. The molecule has 1 fully saturated rings. The van der Waals surface area contributed by atoms with Crippen molar-refractivity contribution in [2.24, 2.45) is 0 Å². The molecular weight excluding hydrogens is 231 g/mol. The van der Waals surface area contributed by atoms with Crippen molar-refractivity contribution < 1.29 is 14.2 Å². The van der Waals surface area contributed by atoms with E-state index in [-0.39, 0.29) is 13.0 Å². The Morgan fingerprint density at radius 1 is 1.65 bits per heavy atom. The van der Waals surface area contributed by atoms with Crippen molar-refractivity contribution in [1.29, 1.82) is 0 Å². The standard InChI is InChI=1S/C10H13FN2O4/c1-5-3-13(10(16)12-8(5)15)9-7(11)2-6(4-14)17-9/h3,6-7,9,14H,2,4H2,1H3,(H,12,15,16). The van der Waals surface area contributed by atoms with Crippen LogP contribution in [0.2, 0.25) is 0 Å². The van der Waals surface area contributed by atoms with Crippen molar-refractivity contribution in [3.8, 4) is 0 Å². The Morgan fingerprint density at radius 3 is 2.94 bits per heavy atom. The molecule has 3 atom stereocenters. The third kappa shape index (κ3) is 2.16. The molecule has 1 aliphatic rings. The Labute approximate surface area is 95.7 Å². The smallest absolute Gasteiger partial charge is 0.330 e. The molecule has 3 unspecified atom stereocenters. The number of H-pyrrole nitrogens is 1. The van der Waals surface area contributed by atoms with Crippen LogP contribution in [0.5, 0.6) is 0 Å². The number of nitrogens with one attached hydrogen (secondary N) is 1. The van der Waals surface area contributed by atoms with Crippen LogP contribution in [-0.4, -0.2) is 33.5 Å². The highest BCUT2D eigenvalue weighted by Crippen LogP contribution is 2.29. The molecule has 0 spiro atoms. The number of aliphatic hydroxyl groups is 1. The zero-order valence-corrected chi connectivity index (χ0v) is 9.22. The predicted molar refractivity (Wildman–Crippen MR) is 56.6 cm³/mol. The highest BCUT2D eigenvalue weighted by molar-refractivity contribution is 5.02. The van der Waals surface area contributed by atoms with E-state index in [2.05, 4.69) is 4.98 Å². The van der Waals surface area contributed by atoms with Gasteiger partial charge >= 0.3 is 5.69 Å². The quantitative estimate of drug-likeness (QED) is 0.732. The molecule has 1 aromatic rings. The van der Waals surface area contributed by atoms with Crippen molar-refractivity contribution in [1.82, 2.24) is 9.55 Å². The van der Waals surface area contributed by atoms with Crippen molar-refractivity contribution in [2.45, 2.75) is 31.8 Å². The summed E-state index contributed by atoms with van der Waals surface area (Å²) in [5.41, 5.74) is -0.918. The Kier molecular flexibility index (Phi) is 3.12. The van der Waals surface area contributed by atoms with E-state index in [4.69, 9.17) is 9.84 Å². The molecule has 7 heteroatoms. The maximum atomic E-state index is 13.6. The van der Waals surface area contributed by atoms with Gasteiger partial charge in [0.15, 0.2) is 6.23 Å². The fraction of sp³-hybridized carbons (Fsp3) is 0.600. The molecular formula is C10H13FN2O4. The largest absolute Gasteiger partial charge is 0.394 e. The molecule has 2 heterocycles. The first-order chi connectivity index (χ1) is 8.02. The molecule has 2 N–H and O–H groups in total. The van der Waals surface area contributed by atoms with Crippen molar-refractivity contribution in [3.05, 3.63) is 32.6 Å². The minimum absolute atomic E-state index is 0.0335. The second-order valence-corrected chi connectivity index (χ2v) is 4.06. The van der Waals surface area contributed by atoms with Crippen LogP contribution < -0.4 is 11.2 Å². The van der Waals surface area contributed by atoms with Crippen LogP contribution in [0.1, 0.15) is 18.2 Å². The molecule has 1 saturated heterocycles. The third-order valence-electron chi connectivity index (χ3n) is 2.75. The number of aromatic amines is 1. The summed E-state index contributed by atoms with van der Waals surface area (Å²) in [6.45, 7) is 1.22. The van der Waals surface area contributed by atoms with Gasteiger partial charge in [-0.25, -0.2) is 9.18 Å². The van der Waals surface area contributed by atoms with Crippen molar-refractivity contribution in [2.75, 3.05) is 6.61 Å². The van der Waals surface area contributed by atoms with E-state index in [0.29, 0.717) is 5.56 Å². The number of alkyl halides is 1. The van der Waals surface area contributed by atoms with Gasteiger partial charge in [0, 0.05) is 18.2 Å². The molecule has 17 heavy (non-hydrogen) atoms. The Hall–Kier alpha value is -1.47. The minimum Gasteiger partial charge on any atom is -0.394 e. The average Bonchev–Trinajstić information content (AvgIpc) is 2.65. The Morgan fingerprint density at radius 2 is 2.35 bits per heavy atom. The number of rotatable bonds is 2. The molecule has 1 aliphatic heterocycles. The second kappa shape index (κ2) is 4.42. The summed E-state index contributed by atoms with van der Waals surface area (Å²) in [6, 6.07) is 0. The highest BCUT2D eigenvalue weighted by atomic mass is 19.1. The molecule has 1 aromatic heterocycles. The van der Waals surface area contributed by atoms with E-state index in [1.54, 1.807) is 0 Å². The van der Waals surface area contributed by atoms with Gasteiger partial charge in [-0.1, -0.05) is 0 Å². The number of aryl methyl sites for hydroxylation is 1. The molecule has 0 bridgehead atoms. The number of halogens is 1. The first kappa shape index (κ1) is 12.0. The zero-order chi connectivity index (χ0) is 12.6. The van der Waals surface area contributed by atoms with E-state index in [1.807, 2.05) is 0 Å². The lowest BCUT2D eigenvalue weighted by Gasteiger charge is -2.16. The molecule has 0 aliphatic carbocycles. The number of nitrogens with zero attached hydrogens (tertiary/aromatic N) is 1. The summed E-state index contributed by atoms with van der Waals surface area (Å²) in [4.78, 5) is 24.8. The van der Waals surface area contributed by atoms with Crippen LogP contribution in [0.25, 0.3) is 0 Å². The lowest BCUT2D eigenvalue weighted by atomic mass is 10.2. The predicted octanol–water partition coefficient (Wildman–Crippen LogP) is -0.537. The van der Waals surface area contributed by atoms with Gasteiger partial charge in [-0.3, -0.25) is 14.3 Å². The van der Waals surface area contributed by atoms with Crippen LogP contribution in [0, 0.1) is 6.92 Å². The number of hydrogen-bond acceptors (Lipinski definition) is 4. The van der Waals surface area contributed by atoms with E-state index in [9.17, 15) is 14.0 Å². The lowest BCUT2D eigenvalue weighted by Crippen LogP contribution is -2.35. The normalized spacial score (nSPS) is 28.5. The lowest BCUT2D eigenvalue weighted by molar-refractivity contribution is -0.0395. The van der Waals surface area contributed by atoms with Gasteiger partial charge in [-0.05, 0) is 6.92 Å². The molecule has 0 aromatic carbocycles. The van der Waals surface area contributed by atoms with Gasteiger partial charge in [0.1, 0.15) is 6.17 Å². The van der Waals surface area contributed by atoms with Crippen LogP contribution in [0.15, 0.2) is 15.8 Å². The molecule has 0 amide bonds. The van der Waals surface area contributed by atoms with E-state index < -0.39 is 29.8 Å². The zero-order valence-electron chi connectivity index (χ0n) is 9.22. The van der Waals surface area contributed by atoms with Crippen LogP contribution in [0.4, 0.5) is 4.39 Å². The van der Waals surface area contributed by atoms with Gasteiger partial charge in [0.2, 0.25) is 0 Å². The van der Waals surface area contributed by atoms with Gasteiger partial charge in [0.05, 0.1) is 12.7 Å². The summed E-state index contributed by atoms with van der Waals surface area (Å²) in [6.07, 6.45) is -1.79. The van der Waals surface area contributed by atoms with Crippen LogP contribution in [-0.2, 0) is 4.74 Å². The first-order valence-electron chi connectivity index (χ1n) is 5.25. The topological polar surface area (TPSA) is 84.3 Å². The number of hydrogen-bond donors (Lipinski definition) is 2. The van der Waals surface area contributed by atoms with E-state index in [0.717, 1.165) is 4.57 Å². The fourth-order valence-corrected chi connectivity index (χ4v) is 1.84. The van der Waals surface area contributed by atoms with Crippen molar-refractivity contribution in [3.63, 3.8) is 0 Å². The SMILES string of the molecule is Cc1cn(C2OC(CO)CC2F)c(=O)[nH]c1=O. The van der Waals surface area contributed by atoms with Crippen LogP contribution >= 0.6 is 0 Å². The van der Waals surface area contributed by atoms with Gasteiger partial charge < -0.3 is 9.84 Å². The summed E-state index contributed by atoms with van der Waals surface area (Å²) in [5, 5.41) is 8.88. The molecule has 94 valence electrons. The minimum atomic E-state index is -1.38. The molecule has 0 saturated carbocycles. The highest BCUT2D eigenvalue weighted by Gasteiger charge is 2.36. The van der Waals surface area contributed by atoms with Gasteiger partial charge in [0.25, 0.3) is 5.56 Å². The second-order valence-electron chi connectivity index (χ2n) is 4.06.